The molecule has 0 saturated carbocycles. The van der Waals surface area contributed by atoms with Crippen molar-refractivity contribution in [1.29, 1.82) is 0 Å². The number of nitrogens with zero attached hydrogens (tertiary/aromatic N) is 6. The van der Waals surface area contributed by atoms with Crippen molar-refractivity contribution in [2.45, 2.75) is 89.2 Å². The number of amides is 2. The van der Waals surface area contributed by atoms with Crippen LogP contribution in [0, 0.1) is 17.8 Å². The molecule has 1 aromatic rings. The second-order valence-electron chi connectivity index (χ2n) is 12.9. The Labute approximate surface area is 243 Å². The van der Waals surface area contributed by atoms with Gasteiger partial charge in [0, 0.05) is 53.6 Å². The molecule has 1 aromatic heterocycles. The number of ketones is 1. The average Bonchev–Trinajstić information content (AvgIpc) is 3.66. The topological polar surface area (TPSA) is 177 Å². The molecule has 0 spiro atoms. The molecule has 3 saturated heterocycles. The van der Waals surface area contributed by atoms with Crippen molar-refractivity contribution in [3.05, 3.63) is 16.4 Å². The number of β-lactam (4-membered cyclic amide) rings is 1. The lowest BCUT2D eigenvalue weighted by molar-refractivity contribution is -0.160. The highest BCUT2D eigenvalue weighted by atomic mass is 32.2. The molecule has 0 bridgehead atoms. The minimum Gasteiger partial charge on any atom is -0.477 e. The second kappa shape index (κ2) is 11.1. The van der Waals surface area contributed by atoms with E-state index in [2.05, 4.69) is 20.8 Å². The van der Waals surface area contributed by atoms with Crippen molar-refractivity contribution in [2.24, 2.45) is 23.5 Å². The number of tetrazole rings is 1. The minimum atomic E-state index is -1.13. The van der Waals surface area contributed by atoms with Gasteiger partial charge in [0.15, 0.2) is 11.6 Å². The Balaban J connectivity index is 1.23. The Morgan fingerprint density at radius 1 is 1.27 bits per heavy atom. The summed E-state index contributed by atoms with van der Waals surface area (Å²) in [6.45, 7) is 11.6. The predicted molar refractivity (Wildman–Crippen MR) is 150 cm³/mol. The van der Waals surface area contributed by atoms with Gasteiger partial charge in [0.2, 0.25) is 11.8 Å². The molecule has 41 heavy (non-hydrogen) atoms. The first kappa shape index (κ1) is 29.6. The van der Waals surface area contributed by atoms with Gasteiger partial charge < -0.3 is 26.0 Å². The zero-order chi connectivity index (χ0) is 29.8. The fraction of sp³-hybridized carbons (Fsp3) is 0.741. The first-order chi connectivity index (χ1) is 19.3. The van der Waals surface area contributed by atoms with Crippen LogP contribution in [0.5, 0.6) is 0 Å². The first-order valence-electron chi connectivity index (χ1n) is 14.3. The van der Waals surface area contributed by atoms with E-state index in [0.717, 1.165) is 6.42 Å². The molecule has 2 amide bonds. The maximum Gasteiger partial charge on any atom is 0.353 e. The molecule has 0 aromatic carbocycles. The molecule has 0 aliphatic carbocycles. The lowest BCUT2D eigenvalue weighted by Crippen LogP contribution is -2.62. The van der Waals surface area contributed by atoms with Gasteiger partial charge in [-0.1, -0.05) is 34.6 Å². The van der Waals surface area contributed by atoms with E-state index in [4.69, 9.17) is 5.73 Å². The highest BCUT2D eigenvalue weighted by molar-refractivity contribution is 8.03. The molecule has 0 radical (unpaired) electrons. The Bertz CT molecular complexity index is 1270. The van der Waals surface area contributed by atoms with Crippen LogP contribution in [0.4, 0.5) is 0 Å². The minimum absolute atomic E-state index is 0.00609. The summed E-state index contributed by atoms with van der Waals surface area (Å²) < 4.78 is 1.51. The first-order valence-corrected chi connectivity index (χ1v) is 15.2. The van der Waals surface area contributed by atoms with Gasteiger partial charge in [-0.3, -0.25) is 14.4 Å². The molecule has 5 heterocycles. The summed E-state index contributed by atoms with van der Waals surface area (Å²) in [4.78, 5) is 55.5. The number of carboxylic acids is 1. The summed E-state index contributed by atoms with van der Waals surface area (Å²) in [6.07, 6.45) is 1.55. The summed E-state index contributed by atoms with van der Waals surface area (Å²) in [7, 11) is 0. The van der Waals surface area contributed by atoms with Gasteiger partial charge >= 0.3 is 5.97 Å². The number of nitrogens with two attached hydrogens (primary N) is 1. The van der Waals surface area contributed by atoms with E-state index in [1.807, 2.05) is 34.6 Å². The van der Waals surface area contributed by atoms with Crippen molar-refractivity contribution in [2.75, 3.05) is 19.6 Å². The molecule has 3 fully saturated rings. The van der Waals surface area contributed by atoms with Crippen molar-refractivity contribution in [1.82, 2.24) is 35.3 Å². The average molecular weight is 589 g/mol. The van der Waals surface area contributed by atoms with Crippen LogP contribution in [0.15, 0.2) is 10.6 Å². The molecule has 13 nitrogen and oxygen atoms in total. The maximum absolute atomic E-state index is 13.3. The number of hydrogen-bond acceptors (Lipinski definition) is 10. The number of carbonyl (C=O) groups excluding carboxylic acids is 3. The number of hydrogen-bond donors (Lipinski definition) is 3. The zero-order valence-electron chi connectivity index (χ0n) is 24.2. The summed E-state index contributed by atoms with van der Waals surface area (Å²) in [6, 6.07) is -0.615. The monoisotopic (exact) mass is 588 g/mol. The van der Waals surface area contributed by atoms with Gasteiger partial charge in [-0.15, -0.1) is 16.9 Å². The zero-order valence-corrected chi connectivity index (χ0v) is 25.1. The van der Waals surface area contributed by atoms with Crippen LogP contribution in [0.1, 0.15) is 59.7 Å². The van der Waals surface area contributed by atoms with E-state index < -0.39 is 11.9 Å². The van der Waals surface area contributed by atoms with Crippen molar-refractivity contribution in [3.8, 4) is 0 Å². The number of carboxylic acid groups (broad SMARTS) is 1. The largest absolute Gasteiger partial charge is 0.477 e. The third-order valence-electron chi connectivity index (χ3n) is 8.70. The van der Waals surface area contributed by atoms with Crippen LogP contribution in [-0.2, 0) is 31.1 Å². The highest BCUT2D eigenvalue weighted by Gasteiger charge is 2.60. The smallest absolute Gasteiger partial charge is 0.353 e. The number of thioether (sulfide) groups is 1. The lowest BCUT2D eigenvalue weighted by Gasteiger charge is -2.47. The standard InChI is InChI=1S/C27H40N8O5S/c1-13(8-16(36)12-34-26(27(3,4)5)30-31-32-34)19-20-14(2)22(21(25(39)40)35(20)24(19)38)41-17-9-18(29-10-17)23(37)33-7-6-15(28)11-33/h13-15,17-20,29H,6-12,28H2,1-5H3,(H,39,40)/t13-,14+,15+,17-,18-,19+,20+/m0/s1. The molecule has 4 aliphatic heterocycles. The second-order valence-corrected chi connectivity index (χ2v) is 14.3. The Kier molecular flexibility index (Phi) is 8.03. The van der Waals surface area contributed by atoms with Crippen LogP contribution in [0.25, 0.3) is 0 Å². The van der Waals surface area contributed by atoms with Gasteiger partial charge in [-0.25, -0.2) is 9.48 Å². The van der Waals surface area contributed by atoms with E-state index >= 15 is 0 Å². The molecule has 7 atom stereocenters. The van der Waals surface area contributed by atoms with Crippen molar-refractivity contribution < 1.29 is 24.3 Å². The fourth-order valence-electron chi connectivity index (χ4n) is 6.70. The summed E-state index contributed by atoms with van der Waals surface area (Å²) in [5, 5.41) is 25.1. The van der Waals surface area contributed by atoms with Crippen LogP contribution in [-0.4, -0.2) is 102 Å². The summed E-state index contributed by atoms with van der Waals surface area (Å²) >= 11 is 1.46. The maximum atomic E-state index is 13.3. The SMILES string of the molecule is C[C@@H](CC(=O)Cn1nnnc1C(C)(C)C)[C@H]1C(=O)N2C(C(=O)O)=C(S[C@@H]3CN[C@H](C(=O)N4CC[C@@H](N)C4)C3)[C@H](C)[C@H]12. The van der Waals surface area contributed by atoms with Gasteiger partial charge in [0.05, 0.1) is 18.0 Å². The van der Waals surface area contributed by atoms with Crippen molar-refractivity contribution in [3.63, 3.8) is 0 Å². The molecular formula is C27H40N8O5S. The highest BCUT2D eigenvalue weighted by Crippen LogP contribution is 2.53. The number of likely N-dealkylation sites (tertiary alicyclic amines) is 1. The van der Waals surface area contributed by atoms with E-state index in [-0.39, 0.29) is 76.9 Å². The predicted octanol–water partition coefficient (Wildman–Crippen LogP) is 0.362. The van der Waals surface area contributed by atoms with E-state index in [1.165, 1.54) is 21.3 Å². The van der Waals surface area contributed by atoms with Gasteiger partial charge in [-0.05, 0) is 29.2 Å². The lowest BCUT2D eigenvalue weighted by atomic mass is 9.73. The van der Waals surface area contributed by atoms with E-state index in [1.54, 1.807) is 4.90 Å². The fourth-order valence-corrected chi connectivity index (χ4v) is 8.18. The quantitative estimate of drug-likeness (QED) is 0.340. The number of nitrogens with one attached hydrogen (secondary N) is 1. The van der Waals surface area contributed by atoms with Gasteiger partial charge in [0.25, 0.3) is 0 Å². The van der Waals surface area contributed by atoms with Crippen molar-refractivity contribution >= 4 is 35.3 Å². The van der Waals surface area contributed by atoms with E-state index in [0.29, 0.717) is 36.8 Å². The number of rotatable bonds is 9. The third kappa shape index (κ3) is 5.53. The summed E-state index contributed by atoms with van der Waals surface area (Å²) in [5.74, 6) is -1.72. The van der Waals surface area contributed by atoms with Gasteiger partial charge in [-0.2, -0.15) is 0 Å². The van der Waals surface area contributed by atoms with Crippen LogP contribution < -0.4 is 11.1 Å². The van der Waals surface area contributed by atoms with Crippen LogP contribution >= 0.6 is 11.8 Å². The molecule has 14 heteroatoms. The van der Waals surface area contributed by atoms with E-state index in [9.17, 15) is 24.3 Å². The molecule has 4 aliphatic rings. The number of aliphatic carboxylic acids is 1. The number of carbonyl (C=O) groups is 4. The number of aromatic nitrogens is 4. The third-order valence-corrected chi connectivity index (χ3v) is 10.2. The molecular weight excluding hydrogens is 548 g/mol. The Morgan fingerprint density at radius 2 is 2.00 bits per heavy atom. The summed E-state index contributed by atoms with van der Waals surface area (Å²) in [5.41, 5.74) is 5.68. The normalized spacial score (nSPS) is 30.5. The van der Waals surface area contributed by atoms with Crippen LogP contribution in [0.3, 0.4) is 0 Å². The molecule has 5 rings (SSSR count). The van der Waals surface area contributed by atoms with Crippen LogP contribution in [0.2, 0.25) is 0 Å². The molecule has 0 unspecified atom stereocenters. The number of Topliss-reactive ketones (excluding diaryl/α,β-unsaturated/α-hetero) is 1. The Hall–Kier alpha value is -2.84. The van der Waals surface area contributed by atoms with Gasteiger partial charge in [0.1, 0.15) is 12.2 Å². The molecule has 4 N–H and O–H groups in total. The Morgan fingerprint density at radius 3 is 2.63 bits per heavy atom. The molecule has 224 valence electrons. The number of fused-ring (bicyclic) bond motifs is 1.